The third-order valence-electron chi connectivity index (χ3n) is 3.64. The van der Waals surface area contributed by atoms with Crippen LogP contribution in [0.5, 0.6) is 5.75 Å². The molecule has 0 unspecified atom stereocenters. The van der Waals surface area contributed by atoms with E-state index in [1.807, 2.05) is 18.2 Å². The van der Waals surface area contributed by atoms with Crippen LogP contribution in [0.1, 0.15) is 62.4 Å². The lowest BCUT2D eigenvalue weighted by molar-refractivity contribution is 0.0927. The second kappa shape index (κ2) is 8.83. The van der Waals surface area contributed by atoms with Crippen molar-refractivity contribution in [1.82, 2.24) is 4.90 Å². The second-order valence-electron chi connectivity index (χ2n) is 5.81. The highest BCUT2D eigenvalue weighted by molar-refractivity contribution is 6.00. The first-order chi connectivity index (χ1) is 10.0. The fourth-order valence-electron chi connectivity index (χ4n) is 2.49. The molecule has 1 aromatic rings. The Bertz CT molecular complexity index is 449. The fourth-order valence-corrected chi connectivity index (χ4v) is 2.49. The predicted octanol–water partition coefficient (Wildman–Crippen LogP) is 4.12. The smallest absolute Gasteiger partial charge is 0.180 e. The Labute approximate surface area is 129 Å². The zero-order chi connectivity index (χ0) is 15.8. The van der Waals surface area contributed by atoms with E-state index in [9.17, 15) is 4.79 Å². The van der Waals surface area contributed by atoms with Crippen LogP contribution in [0.2, 0.25) is 0 Å². The van der Waals surface area contributed by atoms with Crippen molar-refractivity contribution < 1.29 is 9.53 Å². The molecule has 0 atom stereocenters. The molecule has 0 radical (unpaired) electrons. The molecule has 0 aliphatic heterocycles. The molecule has 1 rings (SSSR count). The number of Topliss-reactive ketones (excluding diaryl/α,β-unsaturated/α-hetero) is 1. The maximum Gasteiger partial charge on any atom is 0.180 e. The molecule has 21 heavy (non-hydrogen) atoms. The van der Waals surface area contributed by atoms with Gasteiger partial charge in [-0.1, -0.05) is 33.8 Å². The summed E-state index contributed by atoms with van der Waals surface area (Å²) >= 11 is 0. The molecule has 118 valence electrons. The summed E-state index contributed by atoms with van der Waals surface area (Å²) in [5.41, 5.74) is 1.89. The summed E-state index contributed by atoms with van der Waals surface area (Å²) in [5.74, 6) is 1.23. The van der Waals surface area contributed by atoms with Gasteiger partial charge in [-0.15, -0.1) is 0 Å². The van der Waals surface area contributed by atoms with Gasteiger partial charge in [-0.2, -0.15) is 0 Å². The lowest BCUT2D eigenvalue weighted by atomic mass is 9.98. The molecule has 3 nitrogen and oxygen atoms in total. The van der Waals surface area contributed by atoms with Gasteiger partial charge in [0, 0.05) is 0 Å². The zero-order valence-corrected chi connectivity index (χ0v) is 14.1. The van der Waals surface area contributed by atoms with Crippen LogP contribution < -0.4 is 4.74 Å². The molecule has 0 heterocycles. The number of hydrogen-bond acceptors (Lipinski definition) is 3. The Morgan fingerprint density at radius 2 is 1.81 bits per heavy atom. The van der Waals surface area contributed by atoms with Crippen LogP contribution in [0.4, 0.5) is 0 Å². The molecule has 0 fully saturated rings. The van der Waals surface area contributed by atoms with Gasteiger partial charge in [0.2, 0.25) is 0 Å². The average Bonchev–Trinajstić information content (AvgIpc) is 2.46. The van der Waals surface area contributed by atoms with Gasteiger partial charge in [0.25, 0.3) is 0 Å². The molecule has 1 aromatic carbocycles. The largest absolute Gasteiger partial charge is 0.496 e. The third-order valence-corrected chi connectivity index (χ3v) is 3.64. The van der Waals surface area contributed by atoms with E-state index < -0.39 is 0 Å². The maximum atomic E-state index is 12.6. The van der Waals surface area contributed by atoms with E-state index in [-0.39, 0.29) is 5.78 Å². The van der Waals surface area contributed by atoms with Crippen molar-refractivity contribution in [2.45, 2.75) is 46.5 Å². The normalized spacial score (nSPS) is 11.2. The molecule has 0 bridgehead atoms. The molecule has 0 spiro atoms. The number of hydrogen-bond donors (Lipinski definition) is 0. The van der Waals surface area contributed by atoms with Gasteiger partial charge in [0.05, 0.1) is 19.2 Å². The Hall–Kier alpha value is -1.35. The summed E-state index contributed by atoms with van der Waals surface area (Å²) < 4.78 is 5.36. The standard InChI is InChI=1S/C18H29NO2/c1-6-10-19(11-7-2)13-17(20)16-12-15(14(3)4)8-9-18(16)21-5/h8-9,12,14H,6-7,10-11,13H2,1-5H3. The van der Waals surface area contributed by atoms with Crippen molar-refractivity contribution in [3.05, 3.63) is 29.3 Å². The lowest BCUT2D eigenvalue weighted by Gasteiger charge is -2.21. The first-order valence-corrected chi connectivity index (χ1v) is 7.96. The number of ether oxygens (including phenoxy) is 1. The van der Waals surface area contributed by atoms with E-state index in [0.29, 0.717) is 23.8 Å². The number of nitrogens with zero attached hydrogens (tertiary/aromatic N) is 1. The summed E-state index contributed by atoms with van der Waals surface area (Å²) in [7, 11) is 1.62. The maximum absolute atomic E-state index is 12.6. The second-order valence-corrected chi connectivity index (χ2v) is 5.81. The molecule has 0 saturated heterocycles. The number of carbonyl (C=O) groups excluding carboxylic acids is 1. The van der Waals surface area contributed by atoms with Crippen LogP contribution in [-0.2, 0) is 0 Å². The van der Waals surface area contributed by atoms with Crippen LogP contribution in [0.15, 0.2) is 18.2 Å². The number of ketones is 1. The van der Waals surface area contributed by atoms with Crippen LogP contribution in [0, 0.1) is 0 Å². The van der Waals surface area contributed by atoms with Gasteiger partial charge in [0.1, 0.15) is 5.75 Å². The number of carbonyl (C=O) groups is 1. The van der Waals surface area contributed by atoms with Gasteiger partial charge < -0.3 is 4.74 Å². The Kier molecular flexibility index (Phi) is 7.44. The summed E-state index contributed by atoms with van der Waals surface area (Å²) in [6.07, 6.45) is 2.13. The van der Waals surface area contributed by atoms with Crippen molar-refractivity contribution in [1.29, 1.82) is 0 Å². The highest BCUT2D eigenvalue weighted by Crippen LogP contribution is 2.24. The van der Waals surface area contributed by atoms with Gasteiger partial charge in [-0.3, -0.25) is 9.69 Å². The van der Waals surface area contributed by atoms with E-state index in [0.717, 1.165) is 25.9 Å². The van der Waals surface area contributed by atoms with Crippen molar-refractivity contribution in [3.63, 3.8) is 0 Å². The average molecular weight is 291 g/mol. The molecular formula is C18H29NO2. The van der Waals surface area contributed by atoms with Crippen LogP contribution >= 0.6 is 0 Å². The highest BCUT2D eigenvalue weighted by atomic mass is 16.5. The quantitative estimate of drug-likeness (QED) is 0.641. The van der Waals surface area contributed by atoms with Crippen molar-refractivity contribution in [3.8, 4) is 5.75 Å². The zero-order valence-electron chi connectivity index (χ0n) is 14.1. The van der Waals surface area contributed by atoms with Crippen LogP contribution in [-0.4, -0.2) is 37.4 Å². The van der Waals surface area contributed by atoms with Crippen LogP contribution in [0.3, 0.4) is 0 Å². The molecule has 0 amide bonds. The van der Waals surface area contributed by atoms with E-state index in [4.69, 9.17) is 4.74 Å². The molecule has 0 aromatic heterocycles. The van der Waals surface area contributed by atoms with E-state index in [2.05, 4.69) is 32.6 Å². The minimum absolute atomic E-state index is 0.149. The molecule has 3 heteroatoms. The topological polar surface area (TPSA) is 29.5 Å². The number of benzene rings is 1. The van der Waals surface area contributed by atoms with Gasteiger partial charge in [-0.05, 0) is 49.5 Å². The molecule has 0 aliphatic carbocycles. The first-order valence-electron chi connectivity index (χ1n) is 7.96. The monoisotopic (exact) mass is 291 g/mol. The van der Waals surface area contributed by atoms with Gasteiger partial charge >= 0.3 is 0 Å². The van der Waals surface area contributed by atoms with E-state index in [1.54, 1.807) is 7.11 Å². The highest BCUT2D eigenvalue weighted by Gasteiger charge is 2.17. The minimum atomic E-state index is 0.149. The lowest BCUT2D eigenvalue weighted by Crippen LogP contribution is -2.31. The SMILES string of the molecule is CCCN(CCC)CC(=O)c1cc(C(C)C)ccc1OC. The molecule has 0 saturated carbocycles. The number of rotatable bonds is 9. The summed E-state index contributed by atoms with van der Waals surface area (Å²) in [6, 6.07) is 5.94. The Morgan fingerprint density at radius 1 is 1.19 bits per heavy atom. The number of methoxy groups -OCH3 is 1. The Balaban J connectivity index is 2.95. The summed E-state index contributed by atoms with van der Waals surface area (Å²) in [5, 5.41) is 0. The first kappa shape index (κ1) is 17.7. The van der Waals surface area contributed by atoms with Crippen molar-refractivity contribution in [2.75, 3.05) is 26.7 Å². The van der Waals surface area contributed by atoms with Gasteiger partial charge in [0.15, 0.2) is 5.78 Å². The molecular weight excluding hydrogens is 262 g/mol. The third kappa shape index (κ3) is 5.16. The minimum Gasteiger partial charge on any atom is -0.496 e. The van der Waals surface area contributed by atoms with Crippen molar-refractivity contribution >= 4 is 5.78 Å². The summed E-state index contributed by atoms with van der Waals surface area (Å²) in [4.78, 5) is 14.9. The van der Waals surface area contributed by atoms with Gasteiger partial charge in [-0.25, -0.2) is 0 Å². The Morgan fingerprint density at radius 3 is 2.29 bits per heavy atom. The fraction of sp³-hybridized carbons (Fsp3) is 0.611. The molecule has 0 aliphatic rings. The summed E-state index contributed by atoms with van der Waals surface area (Å²) in [6.45, 7) is 11.0. The van der Waals surface area contributed by atoms with Crippen molar-refractivity contribution in [2.24, 2.45) is 0 Å². The predicted molar refractivity (Wildman–Crippen MR) is 88.4 cm³/mol. The van der Waals surface area contributed by atoms with E-state index >= 15 is 0 Å². The van der Waals surface area contributed by atoms with Crippen LogP contribution in [0.25, 0.3) is 0 Å². The molecule has 0 N–H and O–H groups in total. The van der Waals surface area contributed by atoms with E-state index in [1.165, 1.54) is 5.56 Å².